The highest BCUT2D eigenvalue weighted by molar-refractivity contribution is 7.89. The Morgan fingerprint density at radius 3 is 2.68 bits per heavy atom. The predicted molar refractivity (Wildman–Crippen MR) is 66.1 cm³/mol. The van der Waals surface area contributed by atoms with Crippen molar-refractivity contribution in [3.8, 4) is 0 Å². The van der Waals surface area contributed by atoms with Crippen LogP contribution in [0.15, 0.2) is 17.2 Å². The molecular weight excluding hydrogens is 272 g/mol. The summed E-state index contributed by atoms with van der Waals surface area (Å²) in [5.74, 6) is -1.15. The van der Waals surface area contributed by atoms with Gasteiger partial charge in [-0.3, -0.25) is 4.84 Å². The summed E-state index contributed by atoms with van der Waals surface area (Å²) >= 11 is 0. The lowest BCUT2D eigenvalue weighted by molar-refractivity contribution is -0.108. The smallest absolute Gasteiger partial charge is 0.352 e. The van der Waals surface area contributed by atoms with Crippen molar-refractivity contribution in [1.82, 2.24) is 9.04 Å². The number of carboxylic acids is 1. The maximum absolute atomic E-state index is 12.3. The molecule has 0 amide bonds. The fourth-order valence-corrected chi connectivity index (χ4v) is 3.29. The molecule has 0 aromatic carbocycles. The van der Waals surface area contributed by atoms with Gasteiger partial charge in [-0.15, -0.1) is 0 Å². The number of nitrogens with zero attached hydrogens (tertiary/aromatic N) is 2. The predicted octanol–water partition coefficient (Wildman–Crippen LogP) is 0.922. The van der Waals surface area contributed by atoms with Crippen LogP contribution in [-0.4, -0.2) is 41.7 Å². The van der Waals surface area contributed by atoms with Crippen LogP contribution in [0.1, 0.15) is 30.3 Å². The van der Waals surface area contributed by atoms with Gasteiger partial charge in [0.05, 0.1) is 6.61 Å². The van der Waals surface area contributed by atoms with E-state index in [1.807, 2.05) is 0 Å². The van der Waals surface area contributed by atoms with Crippen molar-refractivity contribution in [2.45, 2.75) is 31.2 Å². The molecule has 1 aliphatic heterocycles. The Hall–Kier alpha value is -1.38. The fourth-order valence-electron chi connectivity index (χ4n) is 1.95. The summed E-state index contributed by atoms with van der Waals surface area (Å²) in [6.07, 6.45) is 2.89. The molecule has 8 heteroatoms. The summed E-state index contributed by atoms with van der Waals surface area (Å²) in [5, 5.41) is 9.03. The van der Waals surface area contributed by atoms with Crippen LogP contribution in [0.3, 0.4) is 0 Å². The summed E-state index contributed by atoms with van der Waals surface area (Å²) in [6, 6.07) is 1.17. The molecule has 0 aliphatic carbocycles. The minimum atomic E-state index is -3.78. The van der Waals surface area contributed by atoms with E-state index in [0.29, 0.717) is 19.7 Å². The molecule has 7 nitrogen and oxygen atoms in total. The second kappa shape index (κ2) is 5.32. The average molecular weight is 288 g/mol. The Bertz CT molecular complexity index is 572. The van der Waals surface area contributed by atoms with E-state index in [0.717, 1.165) is 17.3 Å². The third-order valence-electron chi connectivity index (χ3n) is 2.97. The summed E-state index contributed by atoms with van der Waals surface area (Å²) in [7, 11) is -3.78. The molecule has 0 saturated carbocycles. The Morgan fingerprint density at radius 1 is 1.47 bits per heavy atom. The molecule has 0 spiro atoms. The van der Waals surface area contributed by atoms with Gasteiger partial charge in [0.1, 0.15) is 10.6 Å². The largest absolute Gasteiger partial charge is 0.477 e. The van der Waals surface area contributed by atoms with Crippen molar-refractivity contribution in [2.24, 2.45) is 0 Å². The van der Waals surface area contributed by atoms with Crippen molar-refractivity contribution < 1.29 is 23.2 Å². The van der Waals surface area contributed by atoms with E-state index < -0.39 is 16.0 Å². The highest BCUT2D eigenvalue weighted by Crippen LogP contribution is 2.22. The maximum Gasteiger partial charge on any atom is 0.352 e. The third kappa shape index (κ3) is 2.65. The zero-order chi connectivity index (χ0) is 14.0. The van der Waals surface area contributed by atoms with Gasteiger partial charge >= 0.3 is 5.97 Å². The number of rotatable bonds is 4. The Balaban J connectivity index is 2.37. The minimum absolute atomic E-state index is 0.0434. The third-order valence-corrected chi connectivity index (χ3v) is 4.61. The van der Waals surface area contributed by atoms with Crippen LogP contribution < -0.4 is 0 Å². The van der Waals surface area contributed by atoms with Crippen LogP contribution in [0.5, 0.6) is 0 Å². The molecule has 0 atom stereocenters. The van der Waals surface area contributed by atoms with Crippen LogP contribution >= 0.6 is 0 Å². The Kier molecular flexibility index (Phi) is 3.93. The lowest BCUT2D eigenvalue weighted by Gasteiger charge is -2.24. The number of aryl methyl sites for hydroxylation is 1. The molecule has 0 radical (unpaired) electrons. The van der Waals surface area contributed by atoms with E-state index in [1.54, 1.807) is 6.92 Å². The number of sulfonamides is 1. The zero-order valence-electron chi connectivity index (χ0n) is 10.6. The molecule has 1 saturated heterocycles. The summed E-state index contributed by atoms with van der Waals surface area (Å²) < 4.78 is 26.9. The second-order valence-electron chi connectivity index (χ2n) is 4.22. The summed E-state index contributed by atoms with van der Waals surface area (Å²) in [6.45, 7) is 2.79. The molecule has 1 aliphatic rings. The molecule has 1 N–H and O–H groups in total. The number of aromatic carboxylic acids is 1. The normalized spacial score (nSPS) is 17.5. The molecule has 1 fully saturated rings. The second-order valence-corrected chi connectivity index (χ2v) is 6.05. The summed E-state index contributed by atoms with van der Waals surface area (Å²) in [4.78, 5) is 16.1. The van der Waals surface area contributed by atoms with Gasteiger partial charge in [0.2, 0.25) is 0 Å². The fraction of sp³-hybridized carbons (Fsp3) is 0.545. The molecular formula is C11H16N2O5S. The minimum Gasteiger partial charge on any atom is -0.477 e. The summed E-state index contributed by atoms with van der Waals surface area (Å²) in [5.41, 5.74) is -0.0434. The first-order valence-corrected chi connectivity index (χ1v) is 7.50. The maximum atomic E-state index is 12.3. The van der Waals surface area contributed by atoms with E-state index in [4.69, 9.17) is 9.94 Å². The van der Waals surface area contributed by atoms with Gasteiger partial charge in [-0.05, 0) is 25.8 Å². The van der Waals surface area contributed by atoms with Gasteiger partial charge in [0.25, 0.3) is 10.0 Å². The average Bonchev–Trinajstić information content (AvgIpc) is 2.84. The van der Waals surface area contributed by atoms with E-state index in [2.05, 4.69) is 0 Å². The molecule has 0 bridgehead atoms. The van der Waals surface area contributed by atoms with E-state index >= 15 is 0 Å². The van der Waals surface area contributed by atoms with Crippen molar-refractivity contribution >= 4 is 16.0 Å². The highest BCUT2D eigenvalue weighted by atomic mass is 32.2. The quantitative estimate of drug-likeness (QED) is 0.890. The monoisotopic (exact) mass is 288 g/mol. The van der Waals surface area contributed by atoms with Crippen molar-refractivity contribution in [3.05, 3.63) is 18.0 Å². The lowest BCUT2D eigenvalue weighted by atomic mass is 10.3. The van der Waals surface area contributed by atoms with Gasteiger partial charge in [-0.1, -0.05) is 4.47 Å². The Morgan fingerprint density at radius 2 is 2.21 bits per heavy atom. The molecule has 106 valence electrons. The van der Waals surface area contributed by atoms with Gasteiger partial charge < -0.3 is 9.67 Å². The van der Waals surface area contributed by atoms with Gasteiger partial charge in [-0.2, -0.15) is 0 Å². The number of carbonyl (C=O) groups is 1. The van der Waals surface area contributed by atoms with Crippen LogP contribution in [0.2, 0.25) is 0 Å². The van der Waals surface area contributed by atoms with Crippen LogP contribution in [-0.2, 0) is 21.4 Å². The van der Waals surface area contributed by atoms with Crippen molar-refractivity contribution in [3.63, 3.8) is 0 Å². The zero-order valence-corrected chi connectivity index (χ0v) is 11.4. The Labute approximate surface area is 111 Å². The first-order chi connectivity index (χ1) is 8.96. The molecule has 19 heavy (non-hydrogen) atoms. The van der Waals surface area contributed by atoms with Crippen molar-refractivity contribution in [1.29, 1.82) is 0 Å². The van der Waals surface area contributed by atoms with E-state index in [9.17, 15) is 13.2 Å². The van der Waals surface area contributed by atoms with Crippen molar-refractivity contribution in [2.75, 3.05) is 13.2 Å². The molecule has 0 unspecified atom stereocenters. The number of hydrogen-bond acceptors (Lipinski definition) is 4. The first kappa shape index (κ1) is 14.0. The lowest BCUT2D eigenvalue weighted by Crippen LogP contribution is -2.35. The topological polar surface area (TPSA) is 88.8 Å². The molecule has 2 heterocycles. The SMILES string of the molecule is CCn1cc(S(=O)(=O)N2CCCCO2)cc1C(=O)O. The molecule has 1 aromatic rings. The van der Waals surface area contributed by atoms with Crippen LogP contribution in [0.25, 0.3) is 0 Å². The molecule has 1 aromatic heterocycles. The van der Waals surface area contributed by atoms with Gasteiger partial charge in [-0.25, -0.2) is 13.2 Å². The van der Waals surface area contributed by atoms with Gasteiger partial charge in [0.15, 0.2) is 0 Å². The number of carboxylic acid groups (broad SMARTS) is 1. The van der Waals surface area contributed by atoms with E-state index in [1.165, 1.54) is 16.8 Å². The van der Waals surface area contributed by atoms with Crippen LogP contribution in [0.4, 0.5) is 0 Å². The first-order valence-electron chi connectivity index (χ1n) is 6.06. The highest BCUT2D eigenvalue weighted by Gasteiger charge is 2.29. The van der Waals surface area contributed by atoms with Gasteiger partial charge in [0, 0.05) is 19.3 Å². The number of hydrogen-bond donors (Lipinski definition) is 1. The molecule has 2 rings (SSSR count). The van der Waals surface area contributed by atoms with Crippen LogP contribution in [0, 0.1) is 0 Å². The standard InChI is InChI=1S/C11H16N2O5S/c1-2-12-8-9(7-10(12)11(14)15)19(16,17)13-5-3-4-6-18-13/h7-8H,2-6H2,1H3,(H,14,15). The number of aromatic nitrogens is 1. The number of hydroxylamine groups is 1. The van der Waals surface area contributed by atoms with E-state index in [-0.39, 0.29) is 10.6 Å².